The number of hydrogen-bond donors (Lipinski definition) is 4. The molecule has 1 saturated heterocycles. The van der Waals surface area contributed by atoms with Gasteiger partial charge in [0, 0.05) is 23.2 Å². The molecule has 0 spiro atoms. The molecule has 3 amide bonds. The maximum Gasteiger partial charge on any atom is 0.326 e. The van der Waals surface area contributed by atoms with Gasteiger partial charge in [-0.05, 0) is 36.6 Å². The molecule has 0 bridgehead atoms. The smallest absolute Gasteiger partial charge is 0.326 e. The molecule has 31 heavy (non-hydrogen) atoms. The number of benzene rings is 1. The Balaban J connectivity index is 1.49. The fourth-order valence-corrected chi connectivity index (χ4v) is 3.29. The first-order chi connectivity index (χ1) is 15.0. The summed E-state index contributed by atoms with van der Waals surface area (Å²) >= 11 is 6.10. The number of imide groups is 1. The second-order valence-corrected chi connectivity index (χ2v) is 7.59. The van der Waals surface area contributed by atoms with Gasteiger partial charge in [0.15, 0.2) is 5.65 Å². The summed E-state index contributed by atoms with van der Waals surface area (Å²) in [6.45, 7) is 0.279. The van der Waals surface area contributed by atoms with E-state index in [1.165, 1.54) is 28.9 Å². The van der Waals surface area contributed by atoms with Crippen LogP contribution >= 0.6 is 11.6 Å². The zero-order chi connectivity index (χ0) is 21.5. The number of nitrogens with zero attached hydrogens (tertiary/aromatic N) is 4. The first-order valence-electron chi connectivity index (χ1n) is 9.50. The first kappa shape index (κ1) is 19.2. The van der Waals surface area contributed by atoms with E-state index in [2.05, 4.69) is 36.3 Å². The molecule has 2 fully saturated rings. The number of urea groups is 1. The molecule has 1 saturated carbocycles. The summed E-state index contributed by atoms with van der Waals surface area (Å²) in [7, 11) is 0. The van der Waals surface area contributed by atoms with E-state index in [-0.39, 0.29) is 12.2 Å². The van der Waals surface area contributed by atoms with E-state index in [0.717, 1.165) is 12.8 Å². The van der Waals surface area contributed by atoms with E-state index >= 15 is 0 Å². The monoisotopic (exact) mass is 442 g/mol. The minimum atomic E-state index is -0.586. The highest BCUT2D eigenvalue weighted by Crippen LogP contribution is 2.26. The van der Waals surface area contributed by atoms with Crippen LogP contribution in [0.4, 0.5) is 21.1 Å². The predicted molar refractivity (Wildman–Crippen MR) is 111 cm³/mol. The highest BCUT2D eigenvalue weighted by Gasteiger charge is 2.26. The molecular formula is C19H16ClFN8O2. The Bertz CT molecular complexity index is 1250. The van der Waals surface area contributed by atoms with Gasteiger partial charge in [0.05, 0.1) is 6.20 Å². The lowest BCUT2D eigenvalue weighted by Gasteiger charge is -2.11. The molecule has 1 aliphatic carbocycles. The van der Waals surface area contributed by atoms with Crippen LogP contribution in [0.3, 0.4) is 0 Å². The Labute approximate surface area is 179 Å². The highest BCUT2D eigenvalue weighted by atomic mass is 35.5. The van der Waals surface area contributed by atoms with Crippen molar-refractivity contribution in [3.05, 3.63) is 52.1 Å². The van der Waals surface area contributed by atoms with Crippen molar-refractivity contribution in [2.45, 2.75) is 25.4 Å². The number of anilines is 2. The van der Waals surface area contributed by atoms with Gasteiger partial charge in [0.1, 0.15) is 11.5 Å². The molecule has 0 atom stereocenters. The average molecular weight is 443 g/mol. The van der Waals surface area contributed by atoms with Crippen LogP contribution in [-0.4, -0.2) is 37.6 Å². The lowest BCUT2D eigenvalue weighted by atomic mass is 10.2. The van der Waals surface area contributed by atoms with Crippen LogP contribution in [0.15, 0.2) is 30.1 Å². The second kappa shape index (κ2) is 7.51. The van der Waals surface area contributed by atoms with Gasteiger partial charge >= 0.3 is 6.03 Å². The number of carbonyl (C=O) groups excluding carboxylic acids is 2. The highest BCUT2D eigenvalue weighted by molar-refractivity contribution is 6.31. The Morgan fingerprint density at radius 1 is 1.26 bits per heavy atom. The summed E-state index contributed by atoms with van der Waals surface area (Å²) in [5, 5.41) is 15.6. The van der Waals surface area contributed by atoms with Crippen LogP contribution in [-0.2, 0) is 11.3 Å². The van der Waals surface area contributed by atoms with Gasteiger partial charge in [-0.25, -0.2) is 9.18 Å². The van der Waals surface area contributed by atoms with Crippen molar-refractivity contribution < 1.29 is 14.0 Å². The lowest BCUT2D eigenvalue weighted by Crippen LogP contribution is -2.22. The van der Waals surface area contributed by atoms with E-state index in [0.29, 0.717) is 39.7 Å². The Kier molecular flexibility index (Phi) is 4.66. The number of aromatic nitrogens is 4. The van der Waals surface area contributed by atoms with Crippen molar-refractivity contribution in [2.75, 3.05) is 10.6 Å². The van der Waals surface area contributed by atoms with Crippen LogP contribution < -0.4 is 21.3 Å². The number of nitrogens with one attached hydrogen (secondary N) is 4. The minimum Gasteiger partial charge on any atom is -0.351 e. The summed E-state index contributed by atoms with van der Waals surface area (Å²) in [6.07, 6.45) is 5.10. The number of rotatable bonds is 6. The standard InChI is InChI=1S/C19H16ClFN8O2/c20-13-6-11(21)2-1-9(13)7-22-17-26-15-10(5-14-16(30)27-19(31)25-14)8-23-29(15)18(28-17)24-12-3-4-12/h1-2,5-6,8,12H,3-4,7H2,(H2,22,24,26,28)(H2,25,27,30,31)/b14-5-. The summed E-state index contributed by atoms with van der Waals surface area (Å²) in [6, 6.07) is 3.88. The van der Waals surface area contributed by atoms with E-state index in [1.807, 2.05) is 0 Å². The van der Waals surface area contributed by atoms with Gasteiger partial charge in [-0.2, -0.15) is 19.6 Å². The van der Waals surface area contributed by atoms with Gasteiger partial charge in [-0.1, -0.05) is 17.7 Å². The maximum absolute atomic E-state index is 13.3. The SMILES string of the molecule is O=C1NC(=O)/C(=C/c2cnn3c(NC4CC4)nc(NCc4ccc(F)cc4Cl)nc23)N1. The fourth-order valence-electron chi connectivity index (χ4n) is 3.06. The Morgan fingerprint density at radius 3 is 2.81 bits per heavy atom. The molecule has 12 heteroatoms. The third-order valence-corrected chi connectivity index (χ3v) is 5.13. The third kappa shape index (κ3) is 3.99. The number of carbonyl (C=O) groups is 2. The molecule has 1 aromatic carbocycles. The average Bonchev–Trinajstić information content (AvgIpc) is 3.36. The third-order valence-electron chi connectivity index (χ3n) is 4.78. The second-order valence-electron chi connectivity index (χ2n) is 7.18. The molecule has 1 aliphatic heterocycles. The van der Waals surface area contributed by atoms with Crippen LogP contribution in [0.5, 0.6) is 0 Å². The summed E-state index contributed by atoms with van der Waals surface area (Å²) in [5.41, 5.74) is 1.75. The zero-order valence-electron chi connectivity index (χ0n) is 15.9. The first-order valence-corrected chi connectivity index (χ1v) is 9.88. The Hall–Kier alpha value is -3.73. The van der Waals surface area contributed by atoms with Crippen LogP contribution in [0.2, 0.25) is 5.02 Å². The molecule has 0 radical (unpaired) electrons. The molecule has 4 N–H and O–H groups in total. The van der Waals surface area contributed by atoms with Crippen LogP contribution in [0, 0.1) is 5.82 Å². The van der Waals surface area contributed by atoms with E-state index < -0.39 is 17.8 Å². The normalized spacial score (nSPS) is 17.2. The van der Waals surface area contributed by atoms with Gasteiger partial charge in [0.2, 0.25) is 11.9 Å². The molecule has 5 rings (SSSR count). The van der Waals surface area contributed by atoms with Gasteiger partial charge in [-0.15, -0.1) is 0 Å². The molecule has 3 heterocycles. The van der Waals surface area contributed by atoms with Gasteiger partial charge < -0.3 is 16.0 Å². The topological polar surface area (TPSA) is 125 Å². The number of hydrogen-bond acceptors (Lipinski definition) is 7. The summed E-state index contributed by atoms with van der Waals surface area (Å²) < 4.78 is 14.8. The summed E-state index contributed by atoms with van der Waals surface area (Å²) in [4.78, 5) is 32.2. The van der Waals surface area contributed by atoms with Crippen molar-refractivity contribution in [1.82, 2.24) is 30.2 Å². The van der Waals surface area contributed by atoms with Gasteiger partial charge in [-0.3, -0.25) is 10.1 Å². The van der Waals surface area contributed by atoms with E-state index in [1.54, 1.807) is 6.07 Å². The molecule has 2 aliphatic rings. The molecular weight excluding hydrogens is 427 g/mol. The Morgan fingerprint density at radius 2 is 2.10 bits per heavy atom. The van der Waals surface area contributed by atoms with Crippen molar-refractivity contribution in [3.63, 3.8) is 0 Å². The molecule has 158 valence electrons. The molecule has 3 aromatic rings. The van der Waals surface area contributed by atoms with Crippen LogP contribution in [0.25, 0.3) is 11.7 Å². The maximum atomic E-state index is 13.3. The minimum absolute atomic E-state index is 0.0998. The van der Waals surface area contributed by atoms with Gasteiger partial charge in [0.25, 0.3) is 5.91 Å². The van der Waals surface area contributed by atoms with Crippen molar-refractivity contribution in [2.24, 2.45) is 0 Å². The number of halogens is 2. The van der Waals surface area contributed by atoms with E-state index in [4.69, 9.17) is 11.6 Å². The molecule has 2 aromatic heterocycles. The number of fused-ring (bicyclic) bond motifs is 1. The molecule has 0 unspecified atom stereocenters. The predicted octanol–water partition coefficient (Wildman–Crippen LogP) is 2.28. The quantitative estimate of drug-likeness (QED) is 0.341. The van der Waals surface area contributed by atoms with Crippen molar-refractivity contribution in [3.8, 4) is 0 Å². The largest absolute Gasteiger partial charge is 0.351 e. The molecule has 10 nitrogen and oxygen atoms in total. The van der Waals surface area contributed by atoms with Crippen molar-refractivity contribution in [1.29, 1.82) is 0 Å². The van der Waals surface area contributed by atoms with Crippen LogP contribution in [0.1, 0.15) is 24.0 Å². The number of amides is 3. The van der Waals surface area contributed by atoms with E-state index in [9.17, 15) is 14.0 Å². The fraction of sp³-hybridized carbons (Fsp3) is 0.211. The summed E-state index contributed by atoms with van der Waals surface area (Å²) in [5.74, 6) is -0.151. The van der Waals surface area contributed by atoms with Crippen molar-refractivity contribution >= 4 is 47.2 Å². The lowest BCUT2D eigenvalue weighted by molar-refractivity contribution is -0.115. The zero-order valence-corrected chi connectivity index (χ0v) is 16.7.